The van der Waals surface area contributed by atoms with Gasteiger partial charge in [-0.05, 0) is 25.7 Å². The second-order valence-corrected chi connectivity index (χ2v) is 4.96. The van der Waals surface area contributed by atoms with E-state index in [0.29, 0.717) is 22.2 Å². The Labute approximate surface area is 105 Å². The lowest BCUT2D eigenvalue weighted by Gasteiger charge is -2.16. The number of aryl methyl sites for hydroxylation is 2. The van der Waals surface area contributed by atoms with Crippen LogP contribution in [0.4, 0.5) is 0 Å². The third-order valence-corrected chi connectivity index (χ3v) is 3.20. The molecule has 6 heteroatoms. The Morgan fingerprint density at radius 2 is 2.35 bits per heavy atom. The largest absolute Gasteiger partial charge is 0.392 e. The zero-order chi connectivity index (χ0) is 12.6. The van der Waals surface area contributed by atoms with Crippen LogP contribution in [-0.4, -0.2) is 26.7 Å². The van der Waals surface area contributed by atoms with Gasteiger partial charge in [0.25, 0.3) is 5.91 Å². The van der Waals surface area contributed by atoms with E-state index in [2.05, 4.69) is 10.4 Å². The lowest BCUT2D eigenvalue weighted by atomic mass is 10.1. The number of nitrogens with one attached hydrogen (secondary N) is 1. The number of carbonyl (C=O) groups is 1. The molecule has 0 bridgehead atoms. The summed E-state index contributed by atoms with van der Waals surface area (Å²) < 4.78 is 1.62. The first-order valence-electron chi connectivity index (χ1n) is 5.59. The maximum absolute atomic E-state index is 12.0. The fourth-order valence-electron chi connectivity index (χ4n) is 1.89. The number of aromatic nitrogens is 2. The second-order valence-electron chi connectivity index (χ2n) is 4.49. The van der Waals surface area contributed by atoms with E-state index < -0.39 is 0 Å². The van der Waals surface area contributed by atoms with Crippen LogP contribution in [-0.2, 0) is 7.05 Å². The minimum absolute atomic E-state index is 0.153. The lowest BCUT2D eigenvalue weighted by molar-refractivity contribution is 0.0943. The highest BCUT2D eigenvalue weighted by Crippen LogP contribution is 2.32. The minimum Gasteiger partial charge on any atom is -0.392 e. The molecule has 5 nitrogen and oxygen atoms in total. The molecule has 1 amide bonds. The second kappa shape index (κ2) is 4.44. The molecule has 0 aliphatic heterocycles. The van der Waals surface area contributed by atoms with Gasteiger partial charge in [-0.1, -0.05) is 12.2 Å². The van der Waals surface area contributed by atoms with Crippen molar-refractivity contribution in [2.45, 2.75) is 25.8 Å². The monoisotopic (exact) mass is 252 g/mol. The molecule has 17 heavy (non-hydrogen) atoms. The van der Waals surface area contributed by atoms with Gasteiger partial charge < -0.3 is 11.1 Å². The Morgan fingerprint density at radius 1 is 1.71 bits per heavy atom. The Bertz CT molecular complexity index is 464. The van der Waals surface area contributed by atoms with Crippen molar-refractivity contribution in [3.05, 3.63) is 17.5 Å². The first kappa shape index (κ1) is 12.0. The topological polar surface area (TPSA) is 72.9 Å². The highest BCUT2D eigenvalue weighted by Gasteiger charge is 2.34. The SMILES string of the molecule is Cc1nn(C)cc1C(=O)NC(C(N)=S)C1CC1. The zero-order valence-corrected chi connectivity index (χ0v) is 10.8. The van der Waals surface area contributed by atoms with Crippen molar-refractivity contribution < 1.29 is 4.79 Å². The van der Waals surface area contributed by atoms with Gasteiger partial charge in [0.05, 0.1) is 22.3 Å². The molecule has 1 aliphatic rings. The van der Waals surface area contributed by atoms with Crippen molar-refractivity contribution in [1.29, 1.82) is 0 Å². The molecule has 92 valence electrons. The van der Waals surface area contributed by atoms with Crippen LogP contribution >= 0.6 is 12.2 Å². The summed E-state index contributed by atoms with van der Waals surface area (Å²) in [5.41, 5.74) is 6.93. The molecule has 2 rings (SSSR count). The maximum Gasteiger partial charge on any atom is 0.255 e. The van der Waals surface area contributed by atoms with Gasteiger partial charge in [0.1, 0.15) is 0 Å². The van der Waals surface area contributed by atoms with Gasteiger partial charge in [0.2, 0.25) is 0 Å². The van der Waals surface area contributed by atoms with Gasteiger partial charge in [0, 0.05) is 13.2 Å². The normalized spacial score (nSPS) is 16.6. The fourth-order valence-corrected chi connectivity index (χ4v) is 2.14. The predicted octanol–water partition coefficient (Wildman–Crippen LogP) is 0.523. The van der Waals surface area contributed by atoms with E-state index >= 15 is 0 Å². The van der Waals surface area contributed by atoms with Crippen molar-refractivity contribution in [3.63, 3.8) is 0 Å². The molecule has 1 atom stereocenters. The third-order valence-electron chi connectivity index (χ3n) is 2.94. The molecule has 1 saturated carbocycles. The van der Waals surface area contributed by atoms with Crippen molar-refractivity contribution in [2.24, 2.45) is 18.7 Å². The summed E-state index contributed by atoms with van der Waals surface area (Å²) in [5, 5.41) is 7.03. The fraction of sp³-hybridized carbons (Fsp3) is 0.545. The van der Waals surface area contributed by atoms with Crippen molar-refractivity contribution >= 4 is 23.1 Å². The highest BCUT2D eigenvalue weighted by molar-refractivity contribution is 7.80. The molecule has 1 unspecified atom stereocenters. The summed E-state index contributed by atoms with van der Waals surface area (Å²) >= 11 is 4.98. The average Bonchev–Trinajstić information content (AvgIpc) is 3.00. The molecular weight excluding hydrogens is 236 g/mol. The Morgan fingerprint density at radius 3 is 2.76 bits per heavy atom. The lowest BCUT2D eigenvalue weighted by Crippen LogP contribution is -2.45. The van der Waals surface area contributed by atoms with E-state index in [-0.39, 0.29) is 11.9 Å². The van der Waals surface area contributed by atoms with Crippen molar-refractivity contribution in [3.8, 4) is 0 Å². The molecule has 3 N–H and O–H groups in total. The van der Waals surface area contributed by atoms with Gasteiger partial charge in [-0.2, -0.15) is 5.10 Å². The summed E-state index contributed by atoms with van der Waals surface area (Å²) in [7, 11) is 1.79. The Hall–Kier alpha value is -1.43. The van der Waals surface area contributed by atoms with Crippen LogP contribution in [0.25, 0.3) is 0 Å². The van der Waals surface area contributed by atoms with Crippen LogP contribution in [0.3, 0.4) is 0 Å². The van der Waals surface area contributed by atoms with Crippen LogP contribution in [0, 0.1) is 12.8 Å². The van der Waals surface area contributed by atoms with Gasteiger partial charge >= 0.3 is 0 Å². The molecule has 0 radical (unpaired) electrons. The van der Waals surface area contributed by atoms with Crippen LogP contribution in [0.2, 0.25) is 0 Å². The minimum atomic E-state index is -0.183. The molecule has 0 saturated heterocycles. The third kappa shape index (κ3) is 2.63. The number of thiocarbonyl (C=S) groups is 1. The number of rotatable bonds is 4. The Balaban J connectivity index is 2.10. The van der Waals surface area contributed by atoms with E-state index in [4.69, 9.17) is 18.0 Å². The van der Waals surface area contributed by atoms with E-state index in [1.165, 1.54) is 0 Å². The number of nitrogens with two attached hydrogens (primary N) is 1. The number of amides is 1. The summed E-state index contributed by atoms with van der Waals surface area (Å²) in [4.78, 5) is 12.4. The standard InChI is InChI=1S/C11H16N4OS/c1-6-8(5-15(2)14-6)11(16)13-9(10(12)17)7-3-4-7/h5,7,9H,3-4H2,1-2H3,(H2,12,17)(H,13,16). The first-order valence-corrected chi connectivity index (χ1v) is 6.00. The summed E-state index contributed by atoms with van der Waals surface area (Å²) in [6.45, 7) is 1.81. The van der Waals surface area contributed by atoms with Crippen LogP contribution < -0.4 is 11.1 Å². The summed E-state index contributed by atoms with van der Waals surface area (Å²) in [6, 6.07) is -0.183. The Kier molecular flexibility index (Phi) is 3.15. The first-order chi connectivity index (χ1) is 7.99. The molecule has 1 aromatic rings. The van der Waals surface area contributed by atoms with E-state index in [1.807, 2.05) is 6.92 Å². The van der Waals surface area contributed by atoms with E-state index in [9.17, 15) is 4.79 Å². The van der Waals surface area contributed by atoms with Gasteiger partial charge in [-0.15, -0.1) is 0 Å². The number of hydrogen-bond acceptors (Lipinski definition) is 3. The zero-order valence-electron chi connectivity index (χ0n) is 9.93. The van der Waals surface area contributed by atoms with Crippen LogP contribution in [0.15, 0.2) is 6.20 Å². The molecule has 1 aromatic heterocycles. The van der Waals surface area contributed by atoms with Crippen LogP contribution in [0.1, 0.15) is 28.9 Å². The molecule has 1 aliphatic carbocycles. The molecule has 0 spiro atoms. The number of carbonyl (C=O) groups excluding carboxylic acids is 1. The van der Waals surface area contributed by atoms with E-state index in [0.717, 1.165) is 12.8 Å². The van der Waals surface area contributed by atoms with E-state index in [1.54, 1.807) is 17.9 Å². The highest BCUT2D eigenvalue weighted by atomic mass is 32.1. The molecule has 0 aromatic carbocycles. The summed E-state index contributed by atoms with van der Waals surface area (Å²) in [5.74, 6) is 0.258. The maximum atomic E-state index is 12.0. The van der Waals surface area contributed by atoms with Crippen molar-refractivity contribution in [2.75, 3.05) is 0 Å². The van der Waals surface area contributed by atoms with Gasteiger partial charge in [-0.25, -0.2) is 0 Å². The average molecular weight is 252 g/mol. The van der Waals surface area contributed by atoms with Gasteiger partial charge in [0.15, 0.2) is 0 Å². The molecular formula is C11H16N4OS. The molecule has 1 heterocycles. The van der Waals surface area contributed by atoms with Crippen LogP contribution in [0.5, 0.6) is 0 Å². The van der Waals surface area contributed by atoms with Crippen molar-refractivity contribution in [1.82, 2.24) is 15.1 Å². The smallest absolute Gasteiger partial charge is 0.255 e. The molecule has 1 fully saturated rings. The summed E-state index contributed by atoms with van der Waals surface area (Å²) in [6.07, 6.45) is 3.86. The quantitative estimate of drug-likeness (QED) is 0.766. The number of hydrogen-bond donors (Lipinski definition) is 2. The van der Waals surface area contributed by atoms with Gasteiger partial charge in [-0.3, -0.25) is 9.48 Å². The number of nitrogens with zero attached hydrogens (tertiary/aromatic N) is 2. The predicted molar refractivity (Wildman–Crippen MR) is 68.7 cm³/mol.